The third-order valence-corrected chi connectivity index (χ3v) is 5.05. The Labute approximate surface area is 197 Å². The van der Waals surface area contributed by atoms with Crippen molar-refractivity contribution < 1.29 is 34.5 Å². The number of hydrogen-bond acceptors (Lipinski definition) is 8. The summed E-state index contributed by atoms with van der Waals surface area (Å²) < 4.78 is 0. The van der Waals surface area contributed by atoms with Crippen LogP contribution in [0.15, 0.2) is 24.3 Å². The number of phenols is 1. The first-order chi connectivity index (χ1) is 15.5. The van der Waals surface area contributed by atoms with E-state index in [1.807, 2.05) is 13.8 Å². The highest BCUT2D eigenvalue weighted by Crippen LogP contribution is 2.12. The standard InChI is InChI=1S/C21H32N4O7S/c1-11(2)7-14(22)18(28)23-15(8-12-3-5-13(27)6-4-12)19(29)24-16(9-26)20(30)25-17(10-33)21(31)32/h3-6,11,14-17,26-27,33H,7-10,22H2,1-2H3,(H,23,28)(H,24,29)(H,25,30)(H,31,32). The first-order valence-electron chi connectivity index (χ1n) is 10.4. The van der Waals surface area contributed by atoms with Crippen LogP contribution in [-0.4, -0.2) is 75.5 Å². The number of carbonyl (C=O) groups excluding carboxylic acids is 3. The third kappa shape index (κ3) is 9.68. The zero-order valence-electron chi connectivity index (χ0n) is 18.5. The number of nitrogens with two attached hydrogens (primary N) is 1. The number of thiol groups is 1. The highest BCUT2D eigenvalue weighted by molar-refractivity contribution is 7.80. The zero-order chi connectivity index (χ0) is 25.1. The predicted molar refractivity (Wildman–Crippen MR) is 124 cm³/mol. The van der Waals surface area contributed by atoms with Crippen molar-refractivity contribution in [3.05, 3.63) is 29.8 Å². The fraction of sp³-hybridized carbons (Fsp3) is 0.524. The van der Waals surface area contributed by atoms with Crippen molar-refractivity contribution in [2.75, 3.05) is 12.4 Å². The number of aliphatic hydroxyl groups excluding tert-OH is 1. The molecule has 8 N–H and O–H groups in total. The lowest BCUT2D eigenvalue weighted by Gasteiger charge is -2.24. The molecular formula is C21H32N4O7S. The number of aliphatic carboxylic acids is 1. The number of carboxylic acid groups (broad SMARTS) is 1. The highest BCUT2D eigenvalue weighted by atomic mass is 32.1. The molecule has 0 aliphatic rings. The van der Waals surface area contributed by atoms with Crippen molar-refractivity contribution in [2.45, 2.75) is 50.9 Å². The molecule has 0 spiro atoms. The second kappa shape index (κ2) is 13.7. The largest absolute Gasteiger partial charge is 0.508 e. The summed E-state index contributed by atoms with van der Waals surface area (Å²) in [4.78, 5) is 48.9. The molecule has 184 valence electrons. The molecule has 0 bridgehead atoms. The highest BCUT2D eigenvalue weighted by Gasteiger charge is 2.30. The van der Waals surface area contributed by atoms with Crippen molar-refractivity contribution in [3.8, 4) is 5.75 Å². The molecule has 1 aromatic rings. The van der Waals surface area contributed by atoms with E-state index in [9.17, 15) is 29.4 Å². The zero-order valence-corrected chi connectivity index (χ0v) is 19.4. The summed E-state index contributed by atoms with van der Waals surface area (Å²) in [6.07, 6.45) is 0.405. The molecule has 4 atom stereocenters. The molecule has 0 heterocycles. The molecular weight excluding hydrogens is 452 g/mol. The molecule has 3 amide bonds. The van der Waals surface area contributed by atoms with Crippen LogP contribution in [-0.2, 0) is 25.6 Å². The Bertz CT molecular complexity index is 819. The summed E-state index contributed by atoms with van der Waals surface area (Å²) in [7, 11) is 0. The molecule has 4 unspecified atom stereocenters. The fourth-order valence-corrected chi connectivity index (χ4v) is 3.14. The number of carbonyl (C=O) groups is 4. The predicted octanol–water partition coefficient (Wildman–Crippen LogP) is -1.23. The van der Waals surface area contributed by atoms with Crippen molar-refractivity contribution in [3.63, 3.8) is 0 Å². The van der Waals surface area contributed by atoms with Gasteiger partial charge in [0, 0.05) is 12.2 Å². The topological polar surface area (TPSA) is 191 Å². The summed E-state index contributed by atoms with van der Waals surface area (Å²) in [5, 5.41) is 35.1. The van der Waals surface area contributed by atoms with Gasteiger partial charge in [0.25, 0.3) is 0 Å². The van der Waals surface area contributed by atoms with Crippen LogP contribution in [0.2, 0.25) is 0 Å². The van der Waals surface area contributed by atoms with Gasteiger partial charge in [-0.05, 0) is 30.0 Å². The maximum absolute atomic E-state index is 12.9. The Balaban J connectivity index is 3.00. The van der Waals surface area contributed by atoms with Crippen LogP contribution >= 0.6 is 12.6 Å². The molecule has 1 aromatic carbocycles. The number of rotatable bonds is 13. The SMILES string of the molecule is CC(C)CC(N)C(=O)NC(Cc1ccc(O)cc1)C(=O)NC(CO)C(=O)NC(CS)C(=O)O. The lowest BCUT2D eigenvalue weighted by atomic mass is 10.0. The molecule has 0 aromatic heterocycles. The number of aliphatic hydroxyl groups is 1. The number of hydrogen-bond donors (Lipinski definition) is 8. The minimum absolute atomic E-state index is 0.0143. The van der Waals surface area contributed by atoms with Gasteiger partial charge in [0.15, 0.2) is 0 Å². The Morgan fingerprint density at radius 2 is 1.45 bits per heavy atom. The second-order valence-corrected chi connectivity index (χ2v) is 8.36. The van der Waals surface area contributed by atoms with Gasteiger partial charge in [0.1, 0.15) is 23.9 Å². The molecule has 1 rings (SSSR count). The first kappa shape index (κ1) is 28.2. The maximum Gasteiger partial charge on any atom is 0.327 e. The van der Waals surface area contributed by atoms with Crippen LogP contribution in [0.3, 0.4) is 0 Å². The van der Waals surface area contributed by atoms with Crippen molar-refractivity contribution in [2.24, 2.45) is 11.7 Å². The van der Waals surface area contributed by atoms with Gasteiger partial charge in [-0.25, -0.2) is 4.79 Å². The number of amides is 3. The van der Waals surface area contributed by atoms with Crippen molar-refractivity contribution >= 4 is 36.3 Å². The number of phenolic OH excluding ortho intramolecular Hbond substituents is 1. The first-order valence-corrected chi connectivity index (χ1v) is 11.0. The molecule has 0 saturated heterocycles. The van der Waals surface area contributed by atoms with Gasteiger partial charge in [0.05, 0.1) is 12.6 Å². The van der Waals surface area contributed by atoms with Gasteiger partial charge in [0.2, 0.25) is 17.7 Å². The molecule has 0 radical (unpaired) electrons. The number of carboxylic acids is 1. The minimum Gasteiger partial charge on any atom is -0.508 e. The van der Waals surface area contributed by atoms with Gasteiger partial charge >= 0.3 is 5.97 Å². The van der Waals surface area contributed by atoms with Crippen LogP contribution in [0.25, 0.3) is 0 Å². The number of aromatic hydroxyl groups is 1. The Morgan fingerprint density at radius 1 is 0.939 bits per heavy atom. The minimum atomic E-state index is -1.46. The smallest absolute Gasteiger partial charge is 0.327 e. The summed E-state index contributed by atoms with van der Waals surface area (Å²) >= 11 is 3.85. The molecule has 0 saturated carbocycles. The third-order valence-electron chi connectivity index (χ3n) is 4.68. The van der Waals surface area contributed by atoms with Crippen LogP contribution in [0.4, 0.5) is 0 Å². The molecule has 0 aliphatic carbocycles. The molecule has 33 heavy (non-hydrogen) atoms. The van der Waals surface area contributed by atoms with E-state index in [2.05, 4.69) is 28.6 Å². The quantitative estimate of drug-likeness (QED) is 0.160. The number of nitrogens with one attached hydrogen (secondary N) is 3. The molecule has 12 heteroatoms. The normalized spacial score (nSPS) is 14.6. The van der Waals surface area contributed by atoms with Crippen LogP contribution in [0.1, 0.15) is 25.8 Å². The Kier molecular flexibility index (Phi) is 11.7. The van der Waals surface area contributed by atoms with E-state index in [0.29, 0.717) is 12.0 Å². The molecule has 0 fully saturated rings. The van der Waals surface area contributed by atoms with E-state index in [1.54, 1.807) is 12.1 Å². The van der Waals surface area contributed by atoms with E-state index in [4.69, 9.17) is 10.8 Å². The lowest BCUT2D eigenvalue weighted by Crippen LogP contribution is -2.58. The average molecular weight is 485 g/mol. The second-order valence-electron chi connectivity index (χ2n) is 7.99. The van der Waals surface area contributed by atoms with E-state index < -0.39 is 54.5 Å². The summed E-state index contributed by atoms with van der Waals surface area (Å²) in [5.74, 6) is -3.60. The van der Waals surface area contributed by atoms with Gasteiger partial charge in [-0.2, -0.15) is 12.6 Å². The summed E-state index contributed by atoms with van der Waals surface area (Å²) in [5.41, 5.74) is 6.52. The Morgan fingerprint density at radius 3 is 1.94 bits per heavy atom. The van der Waals surface area contributed by atoms with Gasteiger partial charge < -0.3 is 37.0 Å². The van der Waals surface area contributed by atoms with Crippen LogP contribution in [0.5, 0.6) is 5.75 Å². The lowest BCUT2D eigenvalue weighted by molar-refractivity contribution is -0.142. The molecule has 0 aliphatic heterocycles. The maximum atomic E-state index is 12.9. The van der Waals surface area contributed by atoms with E-state index in [0.717, 1.165) is 0 Å². The Hall–Kier alpha value is -2.83. The van der Waals surface area contributed by atoms with Gasteiger partial charge in [-0.1, -0.05) is 26.0 Å². The fourth-order valence-electron chi connectivity index (χ4n) is 2.89. The van der Waals surface area contributed by atoms with E-state index >= 15 is 0 Å². The van der Waals surface area contributed by atoms with Gasteiger partial charge in [-0.15, -0.1) is 0 Å². The monoisotopic (exact) mass is 484 g/mol. The average Bonchev–Trinajstić information content (AvgIpc) is 2.75. The van der Waals surface area contributed by atoms with E-state index in [-0.39, 0.29) is 23.8 Å². The van der Waals surface area contributed by atoms with Gasteiger partial charge in [-0.3, -0.25) is 14.4 Å². The van der Waals surface area contributed by atoms with Crippen molar-refractivity contribution in [1.29, 1.82) is 0 Å². The number of benzene rings is 1. The van der Waals surface area contributed by atoms with Crippen LogP contribution in [0, 0.1) is 5.92 Å². The summed E-state index contributed by atoms with van der Waals surface area (Å²) in [6, 6.07) is 1.20. The van der Waals surface area contributed by atoms with E-state index in [1.165, 1.54) is 12.1 Å². The van der Waals surface area contributed by atoms with Crippen molar-refractivity contribution in [1.82, 2.24) is 16.0 Å². The molecule has 11 nitrogen and oxygen atoms in total. The van der Waals surface area contributed by atoms with Crippen LogP contribution < -0.4 is 21.7 Å². The summed E-state index contributed by atoms with van der Waals surface area (Å²) in [6.45, 7) is 2.99.